The second-order valence-corrected chi connectivity index (χ2v) is 10.1. The lowest BCUT2D eigenvalue weighted by molar-refractivity contribution is -0.384. The SMILES string of the molecule is CC(C)(C)OC(=O)N1CC[C@@H](CNc2ncc([N+](=O)[O-])c(NCc3cc(Br)ccc3Cl)n2)C1. The number of ether oxygens (including phenoxy) is 1. The number of rotatable bonds is 7. The van der Waals surface area contributed by atoms with Gasteiger partial charge in [-0.25, -0.2) is 9.78 Å². The van der Waals surface area contributed by atoms with Gasteiger partial charge in [0.2, 0.25) is 11.8 Å². The Morgan fingerprint density at radius 3 is 2.85 bits per heavy atom. The number of nitrogens with zero attached hydrogens (tertiary/aromatic N) is 4. The zero-order valence-electron chi connectivity index (χ0n) is 18.6. The number of carbonyl (C=O) groups is 1. The minimum atomic E-state index is -0.538. The topological polar surface area (TPSA) is 123 Å². The van der Waals surface area contributed by atoms with E-state index in [1.807, 2.05) is 32.9 Å². The van der Waals surface area contributed by atoms with Gasteiger partial charge in [0.25, 0.3) is 0 Å². The van der Waals surface area contributed by atoms with Crippen LogP contribution < -0.4 is 10.6 Å². The summed E-state index contributed by atoms with van der Waals surface area (Å²) in [7, 11) is 0. The number of hydrogen-bond donors (Lipinski definition) is 2. The number of nitro groups is 1. The molecule has 1 amide bonds. The molecule has 2 heterocycles. The predicted octanol–water partition coefficient (Wildman–Crippen LogP) is 5.08. The van der Waals surface area contributed by atoms with Crippen LogP contribution >= 0.6 is 27.5 Å². The number of halogens is 2. The van der Waals surface area contributed by atoms with Gasteiger partial charge in [0.15, 0.2) is 0 Å². The molecule has 12 heteroatoms. The number of benzene rings is 1. The smallest absolute Gasteiger partial charge is 0.410 e. The highest BCUT2D eigenvalue weighted by atomic mass is 79.9. The Balaban J connectivity index is 1.62. The highest BCUT2D eigenvalue weighted by molar-refractivity contribution is 9.10. The van der Waals surface area contributed by atoms with Crippen LogP contribution in [0, 0.1) is 16.0 Å². The van der Waals surface area contributed by atoms with Crippen LogP contribution in [0.1, 0.15) is 32.8 Å². The molecular weight excluding hydrogens is 516 g/mol. The van der Waals surface area contributed by atoms with Gasteiger partial charge in [-0.2, -0.15) is 4.98 Å². The molecule has 1 saturated heterocycles. The molecule has 178 valence electrons. The molecule has 33 heavy (non-hydrogen) atoms. The molecule has 0 radical (unpaired) electrons. The maximum atomic E-state index is 12.2. The molecular formula is C21H26BrClN6O4. The van der Waals surface area contributed by atoms with Crippen LogP contribution in [0.3, 0.4) is 0 Å². The largest absolute Gasteiger partial charge is 0.444 e. The number of likely N-dealkylation sites (tertiary alicyclic amines) is 1. The van der Waals surface area contributed by atoms with Gasteiger partial charge in [0.1, 0.15) is 11.8 Å². The van der Waals surface area contributed by atoms with Gasteiger partial charge in [-0.1, -0.05) is 27.5 Å². The molecule has 2 aromatic rings. The van der Waals surface area contributed by atoms with Crippen molar-refractivity contribution >= 4 is 51.1 Å². The van der Waals surface area contributed by atoms with Crippen molar-refractivity contribution in [1.82, 2.24) is 14.9 Å². The van der Waals surface area contributed by atoms with Crippen LogP contribution in [0.4, 0.5) is 22.2 Å². The summed E-state index contributed by atoms with van der Waals surface area (Å²) in [6.07, 6.45) is 1.65. The van der Waals surface area contributed by atoms with Crippen molar-refractivity contribution in [2.45, 2.75) is 39.3 Å². The molecule has 3 rings (SSSR count). The minimum absolute atomic E-state index is 0.0929. The van der Waals surface area contributed by atoms with Crippen molar-refractivity contribution in [3.63, 3.8) is 0 Å². The molecule has 1 aliphatic heterocycles. The predicted molar refractivity (Wildman–Crippen MR) is 130 cm³/mol. The first-order valence-corrected chi connectivity index (χ1v) is 11.6. The van der Waals surface area contributed by atoms with E-state index < -0.39 is 10.5 Å². The molecule has 1 fully saturated rings. The Morgan fingerprint density at radius 2 is 2.15 bits per heavy atom. The molecule has 2 N–H and O–H groups in total. The fourth-order valence-electron chi connectivity index (χ4n) is 3.31. The first kappa shape index (κ1) is 25.0. The first-order valence-electron chi connectivity index (χ1n) is 10.4. The summed E-state index contributed by atoms with van der Waals surface area (Å²) < 4.78 is 6.27. The van der Waals surface area contributed by atoms with E-state index in [9.17, 15) is 14.9 Å². The molecule has 10 nitrogen and oxygen atoms in total. The van der Waals surface area contributed by atoms with E-state index in [0.717, 1.165) is 16.5 Å². The van der Waals surface area contributed by atoms with Gasteiger partial charge in [-0.3, -0.25) is 10.1 Å². The van der Waals surface area contributed by atoms with E-state index >= 15 is 0 Å². The number of amides is 1. The van der Waals surface area contributed by atoms with Gasteiger partial charge >= 0.3 is 11.8 Å². The van der Waals surface area contributed by atoms with E-state index in [0.29, 0.717) is 24.7 Å². The third kappa shape index (κ3) is 7.16. The van der Waals surface area contributed by atoms with Gasteiger partial charge in [0, 0.05) is 35.7 Å². The van der Waals surface area contributed by atoms with E-state index in [2.05, 4.69) is 36.5 Å². The van der Waals surface area contributed by atoms with Crippen LogP contribution in [0.5, 0.6) is 0 Å². The van der Waals surface area contributed by atoms with Crippen molar-refractivity contribution in [1.29, 1.82) is 0 Å². The highest BCUT2D eigenvalue weighted by Gasteiger charge is 2.30. The van der Waals surface area contributed by atoms with E-state index in [4.69, 9.17) is 16.3 Å². The molecule has 0 unspecified atom stereocenters. The summed E-state index contributed by atoms with van der Waals surface area (Å²) >= 11 is 9.60. The average Bonchev–Trinajstić information content (AvgIpc) is 3.21. The first-order chi connectivity index (χ1) is 15.5. The fraction of sp³-hybridized carbons (Fsp3) is 0.476. The fourth-order valence-corrected chi connectivity index (χ4v) is 3.90. The van der Waals surface area contributed by atoms with Crippen LogP contribution in [0.15, 0.2) is 28.9 Å². The normalized spacial score (nSPS) is 15.9. The standard InChI is InChI=1S/C21H26BrClN6O4/c1-21(2,3)33-20(30)28-7-6-13(12-28)9-25-19-26-11-17(29(31)32)18(27-19)24-10-14-8-15(22)4-5-16(14)23/h4-5,8,11,13H,6-7,9-10,12H2,1-3H3,(H2,24,25,26,27)/t13-/m0/s1. The summed E-state index contributed by atoms with van der Waals surface area (Å²) in [5.74, 6) is 0.544. The Kier molecular flexibility index (Phi) is 7.96. The molecule has 1 atom stereocenters. The van der Waals surface area contributed by atoms with Gasteiger partial charge in [-0.05, 0) is 56.9 Å². The molecule has 1 aromatic carbocycles. The average molecular weight is 542 g/mol. The molecule has 0 bridgehead atoms. The van der Waals surface area contributed by atoms with Crippen molar-refractivity contribution in [3.05, 3.63) is 49.6 Å². The molecule has 0 spiro atoms. The number of nitrogens with one attached hydrogen (secondary N) is 2. The Hall–Kier alpha value is -2.66. The molecule has 1 aromatic heterocycles. The van der Waals surface area contributed by atoms with E-state index in [-0.39, 0.29) is 36.0 Å². The third-order valence-electron chi connectivity index (χ3n) is 4.91. The van der Waals surface area contributed by atoms with Crippen LogP contribution in [0.2, 0.25) is 5.02 Å². The maximum absolute atomic E-state index is 12.2. The number of hydrogen-bond acceptors (Lipinski definition) is 8. The molecule has 1 aliphatic rings. The number of carbonyl (C=O) groups excluding carboxylic acids is 1. The third-order valence-corrected chi connectivity index (χ3v) is 5.77. The number of aromatic nitrogens is 2. The molecule has 0 aliphatic carbocycles. The van der Waals surface area contributed by atoms with Crippen LogP contribution in [0.25, 0.3) is 0 Å². The lowest BCUT2D eigenvalue weighted by Gasteiger charge is -2.24. The summed E-state index contributed by atoms with van der Waals surface area (Å²) in [6, 6.07) is 5.39. The van der Waals surface area contributed by atoms with E-state index in [1.165, 1.54) is 6.20 Å². The summed E-state index contributed by atoms with van der Waals surface area (Å²) in [5.41, 5.74) is -0.00555. The summed E-state index contributed by atoms with van der Waals surface area (Å²) in [4.78, 5) is 33.2. The Labute approximate surface area is 205 Å². The summed E-state index contributed by atoms with van der Waals surface area (Å²) in [6.45, 7) is 7.45. The van der Waals surface area contributed by atoms with Crippen molar-refractivity contribution < 1.29 is 14.5 Å². The second kappa shape index (κ2) is 10.5. The van der Waals surface area contributed by atoms with Gasteiger partial charge < -0.3 is 20.3 Å². The van der Waals surface area contributed by atoms with Crippen molar-refractivity contribution in [2.24, 2.45) is 5.92 Å². The van der Waals surface area contributed by atoms with Crippen molar-refractivity contribution in [2.75, 3.05) is 30.3 Å². The van der Waals surface area contributed by atoms with Crippen LogP contribution in [-0.2, 0) is 11.3 Å². The zero-order valence-corrected chi connectivity index (χ0v) is 20.9. The highest BCUT2D eigenvalue weighted by Crippen LogP contribution is 2.26. The van der Waals surface area contributed by atoms with Gasteiger partial charge in [0.05, 0.1) is 4.92 Å². The lowest BCUT2D eigenvalue weighted by Crippen LogP contribution is -2.35. The van der Waals surface area contributed by atoms with Gasteiger partial charge in [-0.15, -0.1) is 0 Å². The van der Waals surface area contributed by atoms with Crippen LogP contribution in [-0.4, -0.2) is 51.1 Å². The van der Waals surface area contributed by atoms with E-state index in [1.54, 1.807) is 11.0 Å². The maximum Gasteiger partial charge on any atom is 0.410 e. The zero-order chi connectivity index (χ0) is 24.2. The Bertz CT molecular complexity index is 1030. The summed E-state index contributed by atoms with van der Waals surface area (Å²) in [5, 5.41) is 18.1. The minimum Gasteiger partial charge on any atom is -0.444 e. The monoisotopic (exact) mass is 540 g/mol. The lowest BCUT2D eigenvalue weighted by atomic mass is 10.1. The Morgan fingerprint density at radius 1 is 1.39 bits per heavy atom. The quantitative estimate of drug-likeness (QED) is 0.367. The molecule has 0 saturated carbocycles. The number of anilines is 2. The second-order valence-electron chi connectivity index (χ2n) is 8.74. The van der Waals surface area contributed by atoms with Crippen molar-refractivity contribution in [3.8, 4) is 0 Å².